The Hall–Kier alpha value is -2.63. The summed E-state index contributed by atoms with van der Waals surface area (Å²) in [5.74, 6) is 1.58. The van der Waals surface area contributed by atoms with Crippen LogP contribution < -0.4 is 9.64 Å². The van der Waals surface area contributed by atoms with Gasteiger partial charge in [0, 0.05) is 34.8 Å². The van der Waals surface area contributed by atoms with Gasteiger partial charge in [0.1, 0.15) is 12.4 Å². The van der Waals surface area contributed by atoms with Gasteiger partial charge in [0.05, 0.1) is 24.6 Å². The van der Waals surface area contributed by atoms with E-state index in [1.807, 2.05) is 48.5 Å². The van der Waals surface area contributed by atoms with Gasteiger partial charge in [0.25, 0.3) is 0 Å². The molecule has 2 aliphatic heterocycles. The summed E-state index contributed by atoms with van der Waals surface area (Å²) < 4.78 is 11.5. The highest BCUT2D eigenvalue weighted by atomic mass is 35.5. The first-order valence-corrected chi connectivity index (χ1v) is 9.39. The number of ether oxygens (including phenoxy) is 2. The second kappa shape index (κ2) is 6.83. The van der Waals surface area contributed by atoms with E-state index in [9.17, 15) is 0 Å². The van der Waals surface area contributed by atoms with Gasteiger partial charge >= 0.3 is 0 Å². The van der Waals surface area contributed by atoms with Crippen molar-refractivity contribution in [3.8, 4) is 28.3 Å². The van der Waals surface area contributed by atoms with Crippen molar-refractivity contribution < 1.29 is 9.47 Å². The molecular formula is C21H18ClN3O2. The smallest absolute Gasteiger partial charge is 0.226 e. The summed E-state index contributed by atoms with van der Waals surface area (Å²) in [4.78, 5) is 12.0. The maximum absolute atomic E-state index is 6.25. The first kappa shape index (κ1) is 16.5. The molecule has 2 aromatic carbocycles. The standard InChI is InChI=1S/C21H18ClN3O2/c22-15-5-3-4-14(12-15)19-17-13-27-18-7-2-1-6-16(18)20(17)24-21(23-19)25-8-10-26-11-9-25/h1-7,12H,8-11,13H2. The van der Waals surface area contributed by atoms with E-state index in [0.717, 1.165) is 52.9 Å². The van der Waals surface area contributed by atoms with Gasteiger partial charge in [-0.3, -0.25) is 0 Å². The number of anilines is 1. The zero-order valence-corrected chi connectivity index (χ0v) is 15.4. The molecule has 0 amide bonds. The maximum atomic E-state index is 6.25. The fourth-order valence-corrected chi connectivity index (χ4v) is 3.74. The fraction of sp³-hybridized carbons (Fsp3) is 0.238. The van der Waals surface area contributed by atoms with E-state index in [4.69, 9.17) is 31.0 Å². The van der Waals surface area contributed by atoms with Crippen molar-refractivity contribution in [2.45, 2.75) is 6.61 Å². The number of morpholine rings is 1. The molecule has 1 saturated heterocycles. The molecule has 0 unspecified atom stereocenters. The minimum absolute atomic E-state index is 0.442. The highest BCUT2D eigenvalue weighted by Gasteiger charge is 2.26. The summed E-state index contributed by atoms with van der Waals surface area (Å²) in [5.41, 5.74) is 4.77. The van der Waals surface area contributed by atoms with Crippen LogP contribution in [-0.2, 0) is 11.3 Å². The predicted octanol–water partition coefficient (Wildman–Crippen LogP) is 4.19. The van der Waals surface area contributed by atoms with Crippen LogP contribution in [0.2, 0.25) is 5.02 Å². The molecule has 27 heavy (non-hydrogen) atoms. The Labute approximate surface area is 162 Å². The van der Waals surface area contributed by atoms with Crippen LogP contribution >= 0.6 is 11.6 Å². The maximum Gasteiger partial charge on any atom is 0.226 e. The van der Waals surface area contributed by atoms with Gasteiger partial charge in [0.15, 0.2) is 0 Å². The van der Waals surface area contributed by atoms with Crippen molar-refractivity contribution in [1.29, 1.82) is 0 Å². The van der Waals surface area contributed by atoms with E-state index in [2.05, 4.69) is 4.90 Å². The van der Waals surface area contributed by atoms with Crippen LogP contribution in [-0.4, -0.2) is 36.3 Å². The topological polar surface area (TPSA) is 47.5 Å². The van der Waals surface area contributed by atoms with Crippen LogP contribution in [0.1, 0.15) is 5.56 Å². The highest BCUT2D eigenvalue weighted by Crippen LogP contribution is 2.40. The Kier molecular flexibility index (Phi) is 4.19. The lowest BCUT2D eigenvalue weighted by Gasteiger charge is -2.29. The molecular weight excluding hydrogens is 362 g/mol. The summed E-state index contributed by atoms with van der Waals surface area (Å²) in [6, 6.07) is 15.8. The van der Waals surface area contributed by atoms with Gasteiger partial charge in [-0.1, -0.05) is 35.9 Å². The third-order valence-electron chi connectivity index (χ3n) is 4.90. The molecule has 0 saturated carbocycles. The minimum Gasteiger partial charge on any atom is -0.488 e. The predicted molar refractivity (Wildman–Crippen MR) is 105 cm³/mol. The van der Waals surface area contributed by atoms with Gasteiger partial charge in [-0.25, -0.2) is 9.97 Å². The SMILES string of the molecule is Clc1cccc(-c2nc(N3CCOCC3)nc3c2COc2ccccc2-3)c1. The number of halogens is 1. The van der Waals surface area contributed by atoms with Gasteiger partial charge in [0.2, 0.25) is 5.95 Å². The number of benzene rings is 2. The minimum atomic E-state index is 0.442. The Balaban J connectivity index is 1.73. The van der Waals surface area contributed by atoms with Crippen molar-refractivity contribution in [3.63, 3.8) is 0 Å². The summed E-state index contributed by atoms with van der Waals surface area (Å²) in [5, 5.41) is 0.685. The molecule has 0 aliphatic carbocycles. The third kappa shape index (κ3) is 3.03. The van der Waals surface area contributed by atoms with Gasteiger partial charge in [-0.2, -0.15) is 0 Å². The molecule has 0 atom stereocenters. The average molecular weight is 380 g/mol. The lowest BCUT2D eigenvalue weighted by molar-refractivity contribution is 0.122. The van der Waals surface area contributed by atoms with Gasteiger partial charge in [-0.15, -0.1) is 0 Å². The summed E-state index contributed by atoms with van der Waals surface area (Å²) in [6.45, 7) is 3.38. The zero-order chi connectivity index (χ0) is 18.2. The molecule has 3 heterocycles. The zero-order valence-electron chi connectivity index (χ0n) is 14.7. The fourth-order valence-electron chi connectivity index (χ4n) is 3.55. The lowest BCUT2D eigenvalue weighted by atomic mass is 9.98. The van der Waals surface area contributed by atoms with E-state index in [1.54, 1.807) is 0 Å². The van der Waals surface area contributed by atoms with E-state index in [0.29, 0.717) is 24.8 Å². The van der Waals surface area contributed by atoms with Crippen molar-refractivity contribution in [2.75, 3.05) is 31.2 Å². The summed E-state index contributed by atoms with van der Waals surface area (Å²) >= 11 is 6.25. The number of nitrogens with zero attached hydrogens (tertiary/aromatic N) is 3. The molecule has 0 N–H and O–H groups in total. The molecule has 0 radical (unpaired) electrons. The quantitative estimate of drug-likeness (QED) is 0.668. The van der Waals surface area contributed by atoms with Crippen molar-refractivity contribution in [3.05, 3.63) is 59.1 Å². The Morgan fingerprint density at radius 2 is 1.74 bits per heavy atom. The molecule has 136 valence electrons. The number of rotatable bonds is 2. The monoisotopic (exact) mass is 379 g/mol. The summed E-state index contributed by atoms with van der Waals surface area (Å²) in [6.07, 6.45) is 0. The summed E-state index contributed by atoms with van der Waals surface area (Å²) in [7, 11) is 0. The Bertz CT molecular complexity index is 1000. The van der Waals surface area contributed by atoms with Crippen LogP contribution in [0.5, 0.6) is 5.75 Å². The van der Waals surface area contributed by atoms with Crippen LogP contribution in [0.3, 0.4) is 0 Å². The van der Waals surface area contributed by atoms with Crippen LogP contribution in [0.25, 0.3) is 22.5 Å². The number of hydrogen-bond donors (Lipinski definition) is 0. The van der Waals surface area contributed by atoms with E-state index in [-0.39, 0.29) is 0 Å². The highest BCUT2D eigenvalue weighted by molar-refractivity contribution is 6.30. The number of hydrogen-bond acceptors (Lipinski definition) is 5. The number of fused-ring (bicyclic) bond motifs is 3. The van der Waals surface area contributed by atoms with E-state index < -0.39 is 0 Å². The van der Waals surface area contributed by atoms with Crippen LogP contribution in [0.4, 0.5) is 5.95 Å². The molecule has 1 fully saturated rings. The van der Waals surface area contributed by atoms with Crippen molar-refractivity contribution >= 4 is 17.5 Å². The molecule has 0 spiro atoms. The van der Waals surface area contributed by atoms with Gasteiger partial charge < -0.3 is 14.4 Å². The lowest BCUT2D eigenvalue weighted by Crippen LogP contribution is -2.37. The normalized spacial score (nSPS) is 15.7. The molecule has 2 aliphatic rings. The second-order valence-corrected chi connectivity index (χ2v) is 7.03. The van der Waals surface area contributed by atoms with Crippen molar-refractivity contribution in [1.82, 2.24) is 9.97 Å². The number of aromatic nitrogens is 2. The third-order valence-corrected chi connectivity index (χ3v) is 5.14. The van der Waals surface area contributed by atoms with E-state index in [1.165, 1.54) is 0 Å². The molecule has 6 heteroatoms. The molecule has 0 bridgehead atoms. The van der Waals surface area contributed by atoms with Crippen molar-refractivity contribution in [2.24, 2.45) is 0 Å². The Morgan fingerprint density at radius 3 is 2.59 bits per heavy atom. The first-order valence-electron chi connectivity index (χ1n) is 9.01. The molecule has 5 rings (SSSR count). The first-order chi connectivity index (χ1) is 13.3. The molecule has 1 aromatic heterocycles. The van der Waals surface area contributed by atoms with Crippen LogP contribution in [0, 0.1) is 0 Å². The van der Waals surface area contributed by atoms with E-state index >= 15 is 0 Å². The number of para-hydroxylation sites is 1. The molecule has 3 aromatic rings. The second-order valence-electron chi connectivity index (χ2n) is 6.59. The molecule has 5 nitrogen and oxygen atoms in total. The van der Waals surface area contributed by atoms with Gasteiger partial charge in [-0.05, 0) is 24.3 Å². The largest absolute Gasteiger partial charge is 0.488 e. The Morgan fingerprint density at radius 1 is 0.926 bits per heavy atom. The average Bonchev–Trinajstić information content (AvgIpc) is 2.73. The van der Waals surface area contributed by atoms with Crippen LogP contribution in [0.15, 0.2) is 48.5 Å².